The molecular weight excluding hydrogens is 236 g/mol. The molecule has 2 aromatic rings. The molecule has 0 unspecified atom stereocenters. The standard InChI is InChI=1S/C16H20N2O/c1-13-4-3-5-15(8-13)16-9-14(11-18-12-16)10-17-6-7-19-2/h3-5,8-9,11-12,17H,6-7,10H2,1-2H3. The SMILES string of the molecule is COCCNCc1cncc(-c2cccc(C)c2)c1. The molecule has 1 N–H and O–H groups in total. The predicted molar refractivity (Wildman–Crippen MR) is 78.0 cm³/mol. The molecule has 0 aliphatic heterocycles. The van der Waals surface area contributed by atoms with Crippen LogP contribution in [0.15, 0.2) is 42.7 Å². The van der Waals surface area contributed by atoms with Gasteiger partial charge in [-0.1, -0.05) is 29.8 Å². The highest BCUT2D eigenvalue weighted by Gasteiger charge is 2.00. The van der Waals surface area contributed by atoms with Gasteiger partial charge in [0.15, 0.2) is 0 Å². The van der Waals surface area contributed by atoms with Crippen LogP contribution in [-0.4, -0.2) is 25.2 Å². The van der Waals surface area contributed by atoms with Gasteiger partial charge in [-0.05, 0) is 24.1 Å². The molecule has 100 valence electrons. The summed E-state index contributed by atoms with van der Waals surface area (Å²) in [5.41, 5.74) is 4.83. The van der Waals surface area contributed by atoms with Crippen LogP contribution in [0.1, 0.15) is 11.1 Å². The molecule has 2 rings (SSSR count). The van der Waals surface area contributed by atoms with E-state index in [1.807, 2.05) is 12.4 Å². The number of methoxy groups -OCH3 is 1. The fourth-order valence-corrected chi connectivity index (χ4v) is 1.97. The van der Waals surface area contributed by atoms with Gasteiger partial charge in [-0.3, -0.25) is 4.98 Å². The molecule has 0 saturated heterocycles. The van der Waals surface area contributed by atoms with Gasteiger partial charge >= 0.3 is 0 Å². The van der Waals surface area contributed by atoms with Crippen LogP contribution >= 0.6 is 0 Å². The molecule has 3 heteroatoms. The van der Waals surface area contributed by atoms with Crippen molar-refractivity contribution in [1.82, 2.24) is 10.3 Å². The number of rotatable bonds is 6. The van der Waals surface area contributed by atoms with Crippen molar-refractivity contribution in [2.75, 3.05) is 20.3 Å². The summed E-state index contributed by atoms with van der Waals surface area (Å²) >= 11 is 0. The predicted octanol–water partition coefficient (Wildman–Crippen LogP) is 2.79. The lowest BCUT2D eigenvalue weighted by Crippen LogP contribution is -2.18. The lowest BCUT2D eigenvalue weighted by Gasteiger charge is -2.07. The third kappa shape index (κ3) is 4.16. The fraction of sp³-hybridized carbons (Fsp3) is 0.312. The Morgan fingerprint density at radius 2 is 2.05 bits per heavy atom. The van der Waals surface area contributed by atoms with Gasteiger partial charge in [0.25, 0.3) is 0 Å². The van der Waals surface area contributed by atoms with Gasteiger partial charge in [-0.15, -0.1) is 0 Å². The first kappa shape index (κ1) is 13.7. The maximum absolute atomic E-state index is 5.01. The second-order valence-electron chi connectivity index (χ2n) is 4.62. The summed E-state index contributed by atoms with van der Waals surface area (Å²) in [5, 5.41) is 3.33. The Balaban J connectivity index is 2.06. The Morgan fingerprint density at radius 1 is 1.16 bits per heavy atom. The third-order valence-electron chi connectivity index (χ3n) is 2.96. The number of hydrogen-bond donors (Lipinski definition) is 1. The molecule has 0 aliphatic carbocycles. The molecule has 0 aliphatic rings. The average Bonchev–Trinajstić information content (AvgIpc) is 2.44. The summed E-state index contributed by atoms with van der Waals surface area (Å²) < 4.78 is 5.01. The Kier molecular flexibility index (Phi) is 5.07. The highest BCUT2D eigenvalue weighted by molar-refractivity contribution is 5.63. The number of ether oxygens (including phenoxy) is 1. The maximum Gasteiger partial charge on any atom is 0.0587 e. The molecule has 1 heterocycles. The molecule has 1 aromatic carbocycles. The molecule has 0 fully saturated rings. The number of nitrogens with zero attached hydrogens (tertiary/aromatic N) is 1. The number of aryl methyl sites for hydroxylation is 1. The number of pyridine rings is 1. The van der Waals surface area contributed by atoms with Crippen LogP contribution in [0.5, 0.6) is 0 Å². The van der Waals surface area contributed by atoms with Crippen molar-refractivity contribution >= 4 is 0 Å². The summed E-state index contributed by atoms with van der Waals surface area (Å²) in [6.07, 6.45) is 3.81. The molecule has 1 aromatic heterocycles. The smallest absolute Gasteiger partial charge is 0.0587 e. The van der Waals surface area contributed by atoms with E-state index in [1.165, 1.54) is 16.7 Å². The maximum atomic E-state index is 5.01. The molecule has 0 amide bonds. The van der Waals surface area contributed by atoms with Crippen molar-refractivity contribution < 1.29 is 4.74 Å². The highest BCUT2D eigenvalue weighted by Crippen LogP contribution is 2.20. The van der Waals surface area contributed by atoms with E-state index >= 15 is 0 Å². The quantitative estimate of drug-likeness (QED) is 0.807. The lowest BCUT2D eigenvalue weighted by molar-refractivity contribution is 0.199. The number of hydrogen-bond acceptors (Lipinski definition) is 3. The minimum absolute atomic E-state index is 0.727. The summed E-state index contributed by atoms with van der Waals surface area (Å²) in [7, 11) is 1.71. The van der Waals surface area contributed by atoms with E-state index in [-0.39, 0.29) is 0 Å². The topological polar surface area (TPSA) is 34.1 Å². The van der Waals surface area contributed by atoms with E-state index in [2.05, 4.69) is 47.6 Å². The van der Waals surface area contributed by atoms with E-state index in [0.717, 1.165) is 25.3 Å². The second-order valence-corrected chi connectivity index (χ2v) is 4.62. The minimum Gasteiger partial charge on any atom is -0.383 e. The molecular formula is C16H20N2O. The van der Waals surface area contributed by atoms with Crippen LogP contribution in [-0.2, 0) is 11.3 Å². The Bertz CT molecular complexity index is 526. The van der Waals surface area contributed by atoms with Gasteiger partial charge in [-0.2, -0.15) is 0 Å². The molecule has 0 radical (unpaired) electrons. The van der Waals surface area contributed by atoms with Crippen molar-refractivity contribution in [3.8, 4) is 11.1 Å². The van der Waals surface area contributed by atoms with Crippen LogP contribution in [0.4, 0.5) is 0 Å². The second kappa shape index (κ2) is 7.02. The first-order chi connectivity index (χ1) is 9.29. The summed E-state index contributed by atoms with van der Waals surface area (Å²) in [6.45, 7) is 4.50. The summed E-state index contributed by atoms with van der Waals surface area (Å²) in [6, 6.07) is 10.7. The monoisotopic (exact) mass is 256 g/mol. The molecule has 0 saturated carbocycles. The van der Waals surface area contributed by atoms with E-state index in [9.17, 15) is 0 Å². The molecule has 0 spiro atoms. The molecule has 0 bridgehead atoms. The van der Waals surface area contributed by atoms with Crippen LogP contribution in [0, 0.1) is 6.92 Å². The van der Waals surface area contributed by atoms with E-state index in [4.69, 9.17) is 4.74 Å². The molecule has 3 nitrogen and oxygen atoms in total. The molecule has 19 heavy (non-hydrogen) atoms. The van der Waals surface area contributed by atoms with Crippen LogP contribution in [0.25, 0.3) is 11.1 Å². The van der Waals surface area contributed by atoms with Gasteiger partial charge in [0.1, 0.15) is 0 Å². The van der Waals surface area contributed by atoms with Crippen molar-refractivity contribution in [2.24, 2.45) is 0 Å². The zero-order chi connectivity index (χ0) is 13.5. The summed E-state index contributed by atoms with van der Waals surface area (Å²) in [4.78, 5) is 4.32. The van der Waals surface area contributed by atoms with Crippen molar-refractivity contribution in [1.29, 1.82) is 0 Å². The summed E-state index contributed by atoms with van der Waals surface area (Å²) in [5.74, 6) is 0. The van der Waals surface area contributed by atoms with Gasteiger partial charge in [0.05, 0.1) is 6.61 Å². The van der Waals surface area contributed by atoms with Gasteiger partial charge in [0.2, 0.25) is 0 Å². The lowest BCUT2D eigenvalue weighted by atomic mass is 10.0. The van der Waals surface area contributed by atoms with E-state index in [0.29, 0.717) is 0 Å². The van der Waals surface area contributed by atoms with Gasteiger partial charge in [-0.25, -0.2) is 0 Å². The fourth-order valence-electron chi connectivity index (χ4n) is 1.97. The Labute approximate surface area is 114 Å². The number of aromatic nitrogens is 1. The number of nitrogens with one attached hydrogen (secondary N) is 1. The minimum atomic E-state index is 0.727. The highest BCUT2D eigenvalue weighted by atomic mass is 16.5. The normalized spacial score (nSPS) is 10.6. The van der Waals surface area contributed by atoms with E-state index in [1.54, 1.807) is 7.11 Å². The Hall–Kier alpha value is -1.71. The van der Waals surface area contributed by atoms with Crippen molar-refractivity contribution in [2.45, 2.75) is 13.5 Å². The first-order valence-corrected chi connectivity index (χ1v) is 6.50. The van der Waals surface area contributed by atoms with E-state index < -0.39 is 0 Å². The third-order valence-corrected chi connectivity index (χ3v) is 2.96. The van der Waals surface area contributed by atoms with Gasteiger partial charge in [0, 0.05) is 38.2 Å². The van der Waals surface area contributed by atoms with Crippen molar-refractivity contribution in [3.63, 3.8) is 0 Å². The van der Waals surface area contributed by atoms with Gasteiger partial charge < -0.3 is 10.1 Å². The zero-order valence-electron chi connectivity index (χ0n) is 11.5. The number of benzene rings is 1. The van der Waals surface area contributed by atoms with Crippen LogP contribution < -0.4 is 5.32 Å². The average molecular weight is 256 g/mol. The first-order valence-electron chi connectivity index (χ1n) is 6.50. The largest absolute Gasteiger partial charge is 0.383 e. The zero-order valence-corrected chi connectivity index (χ0v) is 11.5. The van der Waals surface area contributed by atoms with Crippen LogP contribution in [0.3, 0.4) is 0 Å². The van der Waals surface area contributed by atoms with Crippen molar-refractivity contribution in [3.05, 3.63) is 53.9 Å². The molecule has 0 atom stereocenters. The Morgan fingerprint density at radius 3 is 2.84 bits per heavy atom. The van der Waals surface area contributed by atoms with Crippen LogP contribution in [0.2, 0.25) is 0 Å².